The molecule has 3 nitrogen and oxygen atoms in total. The minimum Gasteiger partial charge on any atom is -0.875 e. The molecule has 3 atom stereocenters. The van der Waals surface area contributed by atoms with Crippen LogP contribution < -0.4 is 10.0 Å². The molecule has 3 unspecified atom stereocenters. The van der Waals surface area contributed by atoms with Crippen LogP contribution in [0.25, 0.3) is 0 Å². The van der Waals surface area contributed by atoms with Crippen LogP contribution in [0.2, 0.25) is 0 Å². The third kappa shape index (κ3) is 1.84. The lowest BCUT2D eigenvalue weighted by atomic mass is 9.74. The van der Waals surface area contributed by atoms with Crippen LogP contribution in [-0.4, -0.2) is 25.9 Å². The minimum absolute atomic E-state index is 0.0188. The topological polar surface area (TPSA) is 44.6 Å². The van der Waals surface area contributed by atoms with Crippen LogP contribution in [0.15, 0.2) is 24.0 Å². The van der Waals surface area contributed by atoms with Gasteiger partial charge in [0.25, 0.3) is 0 Å². The number of quaternary nitrogens is 1. The maximum Gasteiger partial charge on any atom is 0.161 e. The molecule has 2 rings (SSSR count). The maximum atomic E-state index is 11.2. The summed E-state index contributed by atoms with van der Waals surface area (Å²) in [6, 6.07) is 0.538. The average molecular weight is 207 g/mol. The van der Waals surface area contributed by atoms with E-state index in [0.717, 1.165) is 12.8 Å². The molecule has 0 bridgehead atoms. The quantitative estimate of drug-likeness (QED) is 0.585. The molecule has 0 radical (unpaired) electrons. The van der Waals surface area contributed by atoms with Gasteiger partial charge in [0, 0.05) is 12.3 Å². The Morgan fingerprint density at radius 2 is 2.07 bits per heavy atom. The van der Waals surface area contributed by atoms with Gasteiger partial charge in [-0.1, -0.05) is 6.08 Å². The van der Waals surface area contributed by atoms with Crippen molar-refractivity contribution in [2.24, 2.45) is 11.8 Å². The summed E-state index contributed by atoms with van der Waals surface area (Å²) in [6.07, 6.45) is 7.47. The molecule has 0 amide bonds. The van der Waals surface area contributed by atoms with Gasteiger partial charge in [0.2, 0.25) is 0 Å². The molecule has 0 saturated heterocycles. The smallest absolute Gasteiger partial charge is 0.161 e. The van der Waals surface area contributed by atoms with Crippen molar-refractivity contribution in [3.63, 3.8) is 0 Å². The molecule has 0 aromatic carbocycles. The predicted octanol–water partition coefficient (Wildman–Crippen LogP) is -1.09. The first-order chi connectivity index (χ1) is 7.09. The Bertz CT molecular complexity index is 331. The zero-order valence-corrected chi connectivity index (χ0v) is 9.19. The molecule has 3 heteroatoms. The molecular formula is C12H17NO2. The number of nitrogens with one attached hydrogen (secondary N) is 1. The Morgan fingerprint density at radius 3 is 2.47 bits per heavy atom. The summed E-state index contributed by atoms with van der Waals surface area (Å²) in [5.74, 6) is -0.152. The first-order valence-corrected chi connectivity index (χ1v) is 5.50. The zero-order chi connectivity index (χ0) is 11.0. The summed E-state index contributed by atoms with van der Waals surface area (Å²) in [5.41, 5.74) is 0. The third-order valence-corrected chi connectivity index (χ3v) is 3.47. The van der Waals surface area contributed by atoms with Crippen LogP contribution in [0.4, 0.5) is 0 Å². The predicted molar refractivity (Wildman–Crippen MR) is 55.0 cm³/mol. The van der Waals surface area contributed by atoms with Gasteiger partial charge >= 0.3 is 0 Å². The molecule has 0 aromatic rings. The van der Waals surface area contributed by atoms with E-state index in [9.17, 15) is 9.90 Å². The van der Waals surface area contributed by atoms with Crippen LogP contribution in [0.1, 0.15) is 12.8 Å². The van der Waals surface area contributed by atoms with Crippen molar-refractivity contribution in [3.05, 3.63) is 24.0 Å². The standard InChI is InChI=1S/C12H17NO2/c1-13(2)9-5-3-8(4-6-9)12-10(14)7-11(12)15/h3,5,7-9,12,14H,4,6H2,1-2H3. The van der Waals surface area contributed by atoms with Crippen molar-refractivity contribution in [1.82, 2.24) is 0 Å². The molecule has 2 aliphatic carbocycles. The molecule has 0 aliphatic heterocycles. The molecule has 0 saturated carbocycles. The summed E-state index contributed by atoms with van der Waals surface area (Å²) < 4.78 is 0. The highest BCUT2D eigenvalue weighted by molar-refractivity contribution is 6.00. The lowest BCUT2D eigenvalue weighted by molar-refractivity contribution is -0.879. The van der Waals surface area contributed by atoms with Gasteiger partial charge in [-0.3, -0.25) is 4.79 Å². The first-order valence-electron chi connectivity index (χ1n) is 5.50. The second-order valence-corrected chi connectivity index (χ2v) is 4.74. The fourth-order valence-corrected chi connectivity index (χ4v) is 2.39. The van der Waals surface area contributed by atoms with Gasteiger partial charge in [-0.15, -0.1) is 5.76 Å². The molecule has 0 spiro atoms. The van der Waals surface area contributed by atoms with E-state index < -0.39 is 0 Å². The largest absolute Gasteiger partial charge is 0.875 e. The van der Waals surface area contributed by atoms with Crippen molar-refractivity contribution in [2.45, 2.75) is 18.9 Å². The van der Waals surface area contributed by atoms with E-state index in [1.54, 1.807) is 0 Å². The third-order valence-electron chi connectivity index (χ3n) is 3.47. The first kappa shape index (κ1) is 10.4. The Labute approximate surface area is 90.1 Å². The number of rotatable bonds is 2. The Hall–Kier alpha value is -1.09. The van der Waals surface area contributed by atoms with E-state index in [0.29, 0.717) is 6.04 Å². The van der Waals surface area contributed by atoms with Crippen LogP contribution in [-0.2, 0) is 4.79 Å². The maximum absolute atomic E-state index is 11.2. The van der Waals surface area contributed by atoms with Gasteiger partial charge in [-0.2, -0.15) is 0 Å². The highest BCUT2D eigenvalue weighted by Gasteiger charge is 2.33. The average Bonchev–Trinajstić information content (AvgIpc) is 2.18. The van der Waals surface area contributed by atoms with Gasteiger partial charge < -0.3 is 10.0 Å². The highest BCUT2D eigenvalue weighted by atomic mass is 16.3. The Balaban J connectivity index is 2.01. The number of ketones is 1. The van der Waals surface area contributed by atoms with Crippen LogP contribution in [0.3, 0.4) is 0 Å². The number of likely N-dealkylation sites (N-methyl/N-ethyl adjacent to an activating group) is 1. The Kier molecular flexibility index (Phi) is 2.65. The Morgan fingerprint density at radius 1 is 1.33 bits per heavy atom. The van der Waals surface area contributed by atoms with E-state index >= 15 is 0 Å². The van der Waals surface area contributed by atoms with Gasteiger partial charge in [0.1, 0.15) is 6.04 Å². The number of hydrogen-bond donors (Lipinski definition) is 1. The summed E-state index contributed by atoms with van der Waals surface area (Å²) in [6.45, 7) is 0. The molecule has 2 aliphatic rings. The fraction of sp³-hybridized carbons (Fsp3) is 0.583. The summed E-state index contributed by atoms with van der Waals surface area (Å²) in [5, 5.41) is 11.2. The van der Waals surface area contributed by atoms with Gasteiger partial charge in [0.15, 0.2) is 5.78 Å². The molecule has 82 valence electrons. The molecule has 1 N–H and O–H groups in total. The number of carbonyl (C=O) groups excluding carboxylic acids is 1. The van der Waals surface area contributed by atoms with Crippen molar-refractivity contribution in [3.8, 4) is 0 Å². The van der Waals surface area contributed by atoms with Crippen LogP contribution >= 0.6 is 0 Å². The van der Waals surface area contributed by atoms with Gasteiger partial charge in [0.05, 0.1) is 14.1 Å². The van der Waals surface area contributed by atoms with E-state index in [1.807, 2.05) is 0 Å². The molecule has 0 heterocycles. The van der Waals surface area contributed by atoms with Crippen molar-refractivity contribution < 1.29 is 14.8 Å². The minimum atomic E-state index is -0.348. The van der Waals surface area contributed by atoms with Gasteiger partial charge in [-0.05, 0) is 24.5 Å². The van der Waals surface area contributed by atoms with E-state index in [1.165, 1.54) is 11.0 Å². The second kappa shape index (κ2) is 3.81. The van der Waals surface area contributed by atoms with Gasteiger partial charge in [-0.25, -0.2) is 0 Å². The lowest BCUT2D eigenvalue weighted by Gasteiger charge is -2.37. The molecule has 0 aromatic heterocycles. The highest BCUT2D eigenvalue weighted by Crippen LogP contribution is 2.33. The fourth-order valence-electron chi connectivity index (χ4n) is 2.39. The molecule has 0 fully saturated rings. The normalized spacial score (nSPS) is 35.3. The van der Waals surface area contributed by atoms with E-state index in [2.05, 4.69) is 26.2 Å². The van der Waals surface area contributed by atoms with Crippen LogP contribution in [0.5, 0.6) is 0 Å². The van der Waals surface area contributed by atoms with Crippen molar-refractivity contribution in [2.75, 3.05) is 14.1 Å². The summed E-state index contributed by atoms with van der Waals surface area (Å²) in [4.78, 5) is 12.6. The number of carbonyl (C=O) groups is 1. The SMILES string of the molecule is C[NH+](C)C1C=CC(C2C(=O)C=C2[O-])CC1. The molecular weight excluding hydrogens is 190 g/mol. The number of allylic oxidation sites excluding steroid dienone is 3. The van der Waals surface area contributed by atoms with Crippen molar-refractivity contribution >= 4 is 5.78 Å². The summed E-state index contributed by atoms with van der Waals surface area (Å²) in [7, 11) is 4.26. The lowest BCUT2D eigenvalue weighted by Crippen LogP contribution is -3.09. The van der Waals surface area contributed by atoms with E-state index in [-0.39, 0.29) is 23.4 Å². The van der Waals surface area contributed by atoms with Crippen molar-refractivity contribution in [1.29, 1.82) is 0 Å². The zero-order valence-electron chi connectivity index (χ0n) is 9.19. The summed E-state index contributed by atoms with van der Waals surface area (Å²) >= 11 is 0. The second-order valence-electron chi connectivity index (χ2n) is 4.74. The molecule has 15 heavy (non-hydrogen) atoms. The van der Waals surface area contributed by atoms with Crippen LogP contribution in [0, 0.1) is 11.8 Å². The van der Waals surface area contributed by atoms with E-state index in [4.69, 9.17) is 0 Å². The monoisotopic (exact) mass is 207 g/mol. The number of hydrogen-bond acceptors (Lipinski definition) is 2.